The van der Waals surface area contributed by atoms with Gasteiger partial charge in [0.25, 0.3) is 5.56 Å². The van der Waals surface area contributed by atoms with Gasteiger partial charge in [0, 0.05) is 22.8 Å². The zero-order chi connectivity index (χ0) is 27.4. The smallest absolute Gasteiger partial charge is 0.335 e. The molecule has 1 atom stereocenters. The number of hydrogen-bond donors (Lipinski definition) is 1. The molecule has 6 nitrogen and oxygen atoms in total. The number of nitrogens with zero attached hydrogens (tertiary/aromatic N) is 2. The minimum Gasteiger partial charge on any atom is -0.478 e. The van der Waals surface area contributed by atoms with Gasteiger partial charge in [-0.15, -0.1) is 0 Å². The highest BCUT2D eigenvalue weighted by atomic mass is 32.1. The molecule has 8 heteroatoms. The second-order valence-electron chi connectivity index (χ2n) is 9.72. The normalized spacial score (nSPS) is 16.2. The average molecular weight is 549 g/mol. The number of carboxylic acid groups (broad SMARTS) is 1. The number of halogens is 1. The number of thiazole rings is 1. The molecular weight excluding hydrogens is 527 g/mol. The maximum atomic E-state index is 15.2. The lowest BCUT2D eigenvalue weighted by Crippen LogP contribution is -2.39. The van der Waals surface area contributed by atoms with Crippen LogP contribution >= 0.6 is 11.3 Å². The number of rotatable bonds is 4. The first-order chi connectivity index (χ1) is 19.5. The predicted molar refractivity (Wildman–Crippen MR) is 150 cm³/mol. The molecule has 0 saturated heterocycles. The molecule has 196 valence electrons. The van der Waals surface area contributed by atoms with E-state index in [-0.39, 0.29) is 16.9 Å². The average Bonchev–Trinajstić information content (AvgIpc) is 3.56. The SMILES string of the molecule is O=C(O)c1cccc(-c2ccc(/C=c3\sc4n(c3=O)C(c3ccccc3F)C3=C(N=4)c4ccccc4CC3)o2)c1. The first-order valence-electron chi connectivity index (χ1n) is 12.8. The fourth-order valence-electron chi connectivity index (χ4n) is 5.52. The van der Waals surface area contributed by atoms with E-state index in [0.717, 1.165) is 23.3 Å². The summed E-state index contributed by atoms with van der Waals surface area (Å²) in [5.41, 5.74) is 4.88. The molecule has 0 fully saturated rings. The summed E-state index contributed by atoms with van der Waals surface area (Å²) < 4.78 is 23.2. The summed E-state index contributed by atoms with van der Waals surface area (Å²) in [6, 6.07) is 24.0. The topological polar surface area (TPSA) is 84.8 Å². The Labute approximate surface area is 231 Å². The van der Waals surface area contributed by atoms with Gasteiger partial charge in [-0.05, 0) is 54.3 Å². The van der Waals surface area contributed by atoms with Crippen LogP contribution in [0.5, 0.6) is 0 Å². The molecule has 3 aromatic carbocycles. The lowest BCUT2D eigenvalue weighted by atomic mass is 9.83. The summed E-state index contributed by atoms with van der Waals surface area (Å²) in [6.45, 7) is 0. The number of furan rings is 1. The summed E-state index contributed by atoms with van der Waals surface area (Å²) in [5.74, 6) is -0.464. The van der Waals surface area contributed by atoms with Crippen LogP contribution in [-0.4, -0.2) is 15.6 Å². The van der Waals surface area contributed by atoms with E-state index in [2.05, 4.69) is 6.07 Å². The molecule has 0 spiro atoms. The third-order valence-corrected chi connectivity index (χ3v) is 8.35. The Bertz CT molecular complexity index is 2050. The molecule has 2 aromatic heterocycles. The highest BCUT2D eigenvalue weighted by Gasteiger charge is 2.33. The molecule has 1 aliphatic carbocycles. The molecule has 1 unspecified atom stereocenters. The van der Waals surface area contributed by atoms with Gasteiger partial charge in [0.2, 0.25) is 0 Å². The second kappa shape index (κ2) is 9.43. The van der Waals surface area contributed by atoms with E-state index in [1.165, 1.54) is 35.1 Å². The van der Waals surface area contributed by atoms with E-state index in [1.807, 2.05) is 18.2 Å². The van der Waals surface area contributed by atoms with E-state index in [0.29, 0.717) is 38.4 Å². The lowest BCUT2D eigenvalue weighted by molar-refractivity contribution is 0.0697. The maximum Gasteiger partial charge on any atom is 0.335 e. The number of hydrogen-bond acceptors (Lipinski definition) is 5. The molecule has 3 heterocycles. The number of carbonyl (C=O) groups is 1. The van der Waals surface area contributed by atoms with Crippen molar-refractivity contribution >= 4 is 29.1 Å². The summed E-state index contributed by atoms with van der Waals surface area (Å²) in [4.78, 5) is 30.7. The molecule has 0 amide bonds. The van der Waals surface area contributed by atoms with Crippen LogP contribution in [0.4, 0.5) is 4.39 Å². The van der Waals surface area contributed by atoms with Crippen LogP contribution < -0.4 is 14.9 Å². The number of aryl methyl sites for hydroxylation is 1. The van der Waals surface area contributed by atoms with Crippen molar-refractivity contribution in [2.45, 2.75) is 18.9 Å². The summed E-state index contributed by atoms with van der Waals surface area (Å²) in [7, 11) is 0. The molecule has 2 aliphatic rings. The van der Waals surface area contributed by atoms with E-state index in [1.54, 1.807) is 53.1 Å². The third-order valence-electron chi connectivity index (χ3n) is 7.37. The molecule has 0 radical (unpaired) electrons. The Morgan fingerprint density at radius 1 is 1.02 bits per heavy atom. The molecule has 1 aliphatic heterocycles. The zero-order valence-electron chi connectivity index (χ0n) is 21.0. The van der Waals surface area contributed by atoms with Crippen LogP contribution in [-0.2, 0) is 6.42 Å². The van der Waals surface area contributed by atoms with Crippen LogP contribution in [0.1, 0.15) is 45.3 Å². The van der Waals surface area contributed by atoms with Crippen molar-refractivity contribution in [3.05, 3.63) is 144 Å². The fraction of sp³-hybridized carbons (Fsp3) is 0.0938. The van der Waals surface area contributed by atoms with Crippen molar-refractivity contribution in [1.29, 1.82) is 0 Å². The Morgan fingerprint density at radius 3 is 2.70 bits per heavy atom. The highest BCUT2D eigenvalue weighted by molar-refractivity contribution is 7.07. The molecule has 0 saturated carbocycles. The molecule has 40 heavy (non-hydrogen) atoms. The van der Waals surface area contributed by atoms with Crippen molar-refractivity contribution in [3.8, 4) is 11.3 Å². The standard InChI is InChI=1S/C32H21FN2O4S/c33-25-11-4-3-10-23(25)29-24-14-12-18-6-1-2-9-22(18)28(24)34-32-35(29)30(36)27(40-32)17-21-13-15-26(39-21)19-7-5-8-20(16-19)31(37)38/h1-11,13,15-17,29H,12,14H2,(H,37,38)/b27-17-. The van der Waals surface area contributed by atoms with Gasteiger partial charge in [-0.1, -0.05) is 65.9 Å². The van der Waals surface area contributed by atoms with Gasteiger partial charge >= 0.3 is 5.97 Å². The zero-order valence-corrected chi connectivity index (χ0v) is 21.8. The van der Waals surface area contributed by atoms with Gasteiger partial charge < -0.3 is 9.52 Å². The van der Waals surface area contributed by atoms with Crippen molar-refractivity contribution < 1.29 is 18.7 Å². The number of carboxylic acids is 1. The number of fused-ring (bicyclic) bond motifs is 3. The van der Waals surface area contributed by atoms with Gasteiger partial charge in [0.1, 0.15) is 17.3 Å². The fourth-order valence-corrected chi connectivity index (χ4v) is 6.50. The van der Waals surface area contributed by atoms with E-state index in [9.17, 15) is 14.7 Å². The lowest BCUT2D eigenvalue weighted by Gasteiger charge is -2.31. The van der Waals surface area contributed by atoms with Crippen LogP contribution in [0.2, 0.25) is 0 Å². The van der Waals surface area contributed by atoms with Gasteiger partial charge in [-0.2, -0.15) is 0 Å². The Kier molecular flexibility index (Phi) is 5.71. The van der Waals surface area contributed by atoms with Gasteiger partial charge in [0.15, 0.2) is 4.80 Å². The number of allylic oxidation sites excluding steroid dienone is 1. The van der Waals surface area contributed by atoms with E-state index >= 15 is 4.39 Å². The predicted octanol–water partition coefficient (Wildman–Crippen LogP) is 5.42. The molecule has 1 N–H and O–H groups in total. The molecular formula is C32H21FN2O4S. The van der Waals surface area contributed by atoms with E-state index in [4.69, 9.17) is 9.41 Å². The Hall–Kier alpha value is -4.82. The molecule has 7 rings (SSSR count). The first kappa shape index (κ1) is 24.2. The van der Waals surface area contributed by atoms with Crippen LogP contribution in [0, 0.1) is 5.82 Å². The maximum absolute atomic E-state index is 15.2. The molecule has 0 bridgehead atoms. The summed E-state index contributed by atoms with van der Waals surface area (Å²) in [6.07, 6.45) is 3.12. The van der Waals surface area contributed by atoms with Crippen molar-refractivity contribution in [2.24, 2.45) is 4.99 Å². The molecule has 5 aromatic rings. The Morgan fingerprint density at radius 2 is 1.85 bits per heavy atom. The monoisotopic (exact) mass is 548 g/mol. The van der Waals surface area contributed by atoms with Crippen molar-refractivity contribution in [1.82, 2.24) is 4.57 Å². The number of aromatic nitrogens is 1. The summed E-state index contributed by atoms with van der Waals surface area (Å²) >= 11 is 1.24. The second-order valence-corrected chi connectivity index (χ2v) is 10.7. The third kappa shape index (κ3) is 3.96. The van der Waals surface area contributed by atoms with Gasteiger partial charge in [-0.3, -0.25) is 9.36 Å². The highest BCUT2D eigenvalue weighted by Crippen LogP contribution is 2.41. The largest absolute Gasteiger partial charge is 0.478 e. The van der Waals surface area contributed by atoms with Crippen LogP contribution in [0.15, 0.2) is 105 Å². The minimum absolute atomic E-state index is 0.155. The Balaban J connectivity index is 1.39. The number of benzene rings is 3. The van der Waals surface area contributed by atoms with Gasteiger partial charge in [-0.25, -0.2) is 14.2 Å². The summed E-state index contributed by atoms with van der Waals surface area (Å²) in [5, 5.41) is 9.31. The minimum atomic E-state index is -1.02. The number of aromatic carboxylic acids is 1. The van der Waals surface area contributed by atoms with Crippen LogP contribution in [0.3, 0.4) is 0 Å². The van der Waals surface area contributed by atoms with Gasteiger partial charge in [0.05, 0.1) is 21.8 Å². The van der Waals surface area contributed by atoms with Crippen molar-refractivity contribution in [3.63, 3.8) is 0 Å². The quantitative estimate of drug-likeness (QED) is 0.325. The van der Waals surface area contributed by atoms with E-state index < -0.39 is 12.0 Å². The van der Waals surface area contributed by atoms with Crippen molar-refractivity contribution in [2.75, 3.05) is 0 Å². The first-order valence-corrected chi connectivity index (χ1v) is 13.6. The van der Waals surface area contributed by atoms with Crippen LogP contribution in [0.25, 0.3) is 23.1 Å².